The van der Waals surface area contributed by atoms with Gasteiger partial charge in [0, 0.05) is 5.57 Å². The molecule has 1 fully saturated rings. The Morgan fingerprint density at radius 2 is 2.06 bits per heavy atom. The second kappa shape index (κ2) is 3.96. The Hall–Kier alpha value is -1.85. The highest BCUT2D eigenvalue weighted by atomic mass is 16.5. The van der Waals surface area contributed by atoms with Gasteiger partial charge in [-0.3, -0.25) is 4.79 Å². The third-order valence-electron chi connectivity index (χ3n) is 2.12. The monoisotopic (exact) mass is 226 g/mol. The van der Waals surface area contributed by atoms with Crippen LogP contribution in [0.5, 0.6) is 0 Å². The lowest BCUT2D eigenvalue weighted by molar-refractivity contribution is -0.146. The molecule has 0 aromatic carbocycles. The fourth-order valence-electron chi connectivity index (χ4n) is 1.18. The smallest absolute Gasteiger partial charge is 0.334 e. The largest absolute Gasteiger partial charge is 0.440 e. The topological polar surface area (TPSA) is 75.7 Å². The van der Waals surface area contributed by atoms with Crippen molar-refractivity contribution in [1.29, 1.82) is 0 Å². The van der Waals surface area contributed by atoms with Gasteiger partial charge in [0.2, 0.25) is 0 Å². The average Bonchev–Trinajstić information content (AvgIpc) is 2.34. The van der Waals surface area contributed by atoms with E-state index in [1.165, 1.54) is 6.92 Å². The first kappa shape index (κ1) is 12.2. The molecule has 0 saturated carbocycles. The van der Waals surface area contributed by atoms with Crippen molar-refractivity contribution in [2.75, 3.05) is 6.73 Å². The predicted molar refractivity (Wildman–Crippen MR) is 55.2 cm³/mol. The van der Waals surface area contributed by atoms with Crippen LogP contribution < -0.4 is 5.32 Å². The maximum Gasteiger partial charge on any atom is 0.334 e. The summed E-state index contributed by atoms with van der Waals surface area (Å²) in [6.45, 7) is 7.64. The number of amides is 3. The van der Waals surface area contributed by atoms with Crippen LogP contribution in [-0.4, -0.2) is 35.1 Å². The SMILES string of the molecule is C=C(C)C(=O)OCN1C(=O)NC(C)(C)C1=O. The van der Waals surface area contributed by atoms with E-state index in [-0.39, 0.29) is 12.3 Å². The number of carbonyl (C=O) groups excluding carboxylic acids is 3. The molecule has 0 aliphatic carbocycles. The maximum absolute atomic E-state index is 11.6. The molecule has 16 heavy (non-hydrogen) atoms. The number of nitrogens with one attached hydrogen (secondary N) is 1. The van der Waals surface area contributed by atoms with E-state index in [2.05, 4.69) is 11.9 Å². The van der Waals surface area contributed by atoms with Gasteiger partial charge in [0.25, 0.3) is 5.91 Å². The summed E-state index contributed by atoms with van der Waals surface area (Å²) in [7, 11) is 0. The molecule has 1 rings (SSSR count). The third kappa shape index (κ3) is 2.21. The van der Waals surface area contributed by atoms with Crippen LogP contribution in [0.2, 0.25) is 0 Å². The molecule has 1 N–H and O–H groups in total. The lowest BCUT2D eigenvalue weighted by atomic mass is 10.1. The van der Waals surface area contributed by atoms with Crippen LogP contribution in [0.25, 0.3) is 0 Å². The number of carbonyl (C=O) groups is 3. The fourth-order valence-corrected chi connectivity index (χ4v) is 1.18. The second-order valence-electron chi connectivity index (χ2n) is 4.13. The highest BCUT2D eigenvalue weighted by Crippen LogP contribution is 2.16. The summed E-state index contributed by atoms with van der Waals surface area (Å²) in [6, 6.07) is -0.565. The number of ether oxygens (including phenoxy) is 1. The molecular weight excluding hydrogens is 212 g/mol. The Labute approximate surface area is 93.2 Å². The molecule has 0 radical (unpaired) electrons. The van der Waals surface area contributed by atoms with Gasteiger partial charge in [-0.2, -0.15) is 0 Å². The van der Waals surface area contributed by atoms with Gasteiger partial charge in [-0.15, -0.1) is 0 Å². The van der Waals surface area contributed by atoms with Crippen molar-refractivity contribution in [2.45, 2.75) is 26.3 Å². The van der Waals surface area contributed by atoms with Crippen LogP contribution >= 0.6 is 0 Å². The first-order valence-electron chi connectivity index (χ1n) is 4.72. The number of esters is 1. The van der Waals surface area contributed by atoms with Gasteiger partial charge in [-0.25, -0.2) is 14.5 Å². The molecule has 0 atom stereocenters. The normalized spacial score (nSPS) is 18.3. The molecule has 0 aromatic heterocycles. The first-order valence-corrected chi connectivity index (χ1v) is 4.72. The van der Waals surface area contributed by atoms with Crippen molar-refractivity contribution in [2.24, 2.45) is 0 Å². The molecule has 1 aliphatic heterocycles. The van der Waals surface area contributed by atoms with E-state index in [1.807, 2.05) is 0 Å². The zero-order valence-electron chi connectivity index (χ0n) is 9.49. The van der Waals surface area contributed by atoms with Crippen molar-refractivity contribution >= 4 is 17.9 Å². The van der Waals surface area contributed by atoms with E-state index in [4.69, 9.17) is 4.74 Å². The van der Waals surface area contributed by atoms with Gasteiger partial charge in [-0.05, 0) is 20.8 Å². The van der Waals surface area contributed by atoms with E-state index in [0.717, 1.165) is 4.90 Å². The summed E-state index contributed by atoms with van der Waals surface area (Å²) in [5.74, 6) is -1.06. The molecule has 1 heterocycles. The van der Waals surface area contributed by atoms with Gasteiger partial charge in [0.15, 0.2) is 6.73 Å². The highest BCUT2D eigenvalue weighted by Gasteiger charge is 2.44. The quantitative estimate of drug-likeness (QED) is 0.429. The lowest BCUT2D eigenvalue weighted by Crippen LogP contribution is -2.40. The second-order valence-corrected chi connectivity index (χ2v) is 4.13. The van der Waals surface area contributed by atoms with Crippen molar-refractivity contribution in [1.82, 2.24) is 10.2 Å². The average molecular weight is 226 g/mol. The van der Waals surface area contributed by atoms with Gasteiger partial charge < -0.3 is 10.1 Å². The molecule has 3 amide bonds. The molecule has 0 aromatic rings. The van der Waals surface area contributed by atoms with Crippen LogP contribution in [-0.2, 0) is 14.3 Å². The molecule has 0 unspecified atom stereocenters. The fraction of sp³-hybridized carbons (Fsp3) is 0.500. The molecule has 6 heteroatoms. The summed E-state index contributed by atoms with van der Waals surface area (Å²) in [5, 5.41) is 2.47. The molecule has 1 saturated heterocycles. The van der Waals surface area contributed by atoms with E-state index >= 15 is 0 Å². The van der Waals surface area contributed by atoms with Crippen molar-refractivity contribution in [3.63, 3.8) is 0 Å². The molecule has 0 bridgehead atoms. The van der Waals surface area contributed by atoms with Crippen LogP contribution in [0.3, 0.4) is 0 Å². The number of imide groups is 1. The number of hydrogen-bond donors (Lipinski definition) is 1. The first-order chi connectivity index (χ1) is 7.25. The van der Waals surface area contributed by atoms with Crippen molar-refractivity contribution < 1.29 is 19.1 Å². The summed E-state index contributed by atoms with van der Waals surface area (Å²) in [4.78, 5) is 34.9. The molecule has 6 nitrogen and oxygen atoms in total. The Balaban J connectivity index is 2.63. The minimum absolute atomic E-state index is 0.214. The number of urea groups is 1. The maximum atomic E-state index is 11.6. The molecule has 88 valence electrons. The lowest BCUT2D eigenvalue weighted by Gasteiger charge is -2.15. The van der Waals surface area contributed by atoms with Gasteiger partial charge in [0.1, 0.15) is 5.54 Å². The number of nitrogens with zero attached hydrogens (tertiary/aromatic N) is 1. The number of hydrogen-bond acceptors (Lipinski definition) is 4. The van der Waals surface area contributed by atoms with E-state index < -0.39 is 23.4 Å². The van der Waals surface area contributed by atoms with E-state index in [9.17, 15) is 14.4 Å². The van der Waals surface area contributed by atoms with Crippen LogP contribution in [0.1, 0.15) is 20.8 Å². The Morgan fingerprint density at radius 1 is 1.50 bits per heavy atom. The van der Waals surface area contributed by atoms with Gasteiger partial charge in [0.05, 0.1) is 0 Å². The molecule has 1 aliphatic rings. The summed E-state index contributed by atoms with van der Waals surface area (Å²) >= 11 is 0. The van der Waals surface area contributed by atoms with Crippen LogP contribution in [0.15, 0.2) is 12.2 Å². The molecule has 0 spiro atoms. The van der Waals surface area contributed by atoms with E-state index in [0.29, 0.717) is 0 Å². The van der Waals surface area contributed by atoms with Crippen LogP contribution in [0.4, 0.5) is 4.79 Å². The minimum Gasteiger partial charge on any atom is -0.440 e. The predicted octanol–water partition coefficient (Wildman–Crippen LogP) is 0.394. The summed E-state index contributed by atoms with van der Waals surface area (Å²) in [6.07, 6.45) is 0. The Kier molecular flexibility index (Phi) is 3.02. The Morgan fingerprint density at radius 3 is 2.44 bits per heavy atom. The standard InChI is InChI=1S/C10H14N2O4/c1-6(2)7(13)16-5-12-8(14)10(3,4)11-9(12)15/h1,5H2,2-4H3,(H,11,15). The molecular formula is C10H14N2O4. The third-order valence-corrected chi connectivity index (χ3v) is 2.12. The van der Waals surface area contributed by atoms with Crippen molar-refractivity contribution in [3.05, 3.63) is 12.2 Å². The number of rotatable bonds is 3. The van der Waals surface area contributed by atoms with Crippen LogP contribution in [0, 0.1) is 0 Å². The zero-order valence-corrected chi connectivity index (χ0v) is 9.49. The van der Waals surface area contributed by atoms with E-state index in [1.54, 1.807) is 13.8 Å². The van der Waals surface area contributed by atoms with Gasteiger partial charge in [-0.1, -0.05) is 6.58 Å². The van der Waals surface area contributed by atoms with Gasteiger partial charge >= 0.3 is 12.0 Å². The Bertz CT molecular complexity index is 373. The summed E-state index contributed by atoms with van der Waals surface area (Å²) < 4.78 is 4.73. The van der Waals surface area contributed by atoms with Crippen molar-refractivity contribution in [3.8, 4) is 0 Å². The minimum atomic E-state index is -0.952. The summed E-state index contributed by atoms with van der Waals surface area (Å²) in [5.41, 5.74) is -0.737. The zero-order chi connectivity index (χ0) is 12.5. The highest BCUT2D eigenvalue weighted by molar-refractivity contribution is 6.06.